The molecule has 22 heavy (non-hydrogen) atoms. The number of benzene rings is 2. The lowest BCUT2D eigenvalue weighted by Gasteiger charge is -2.09. The number of imidazole rings is 1. The number of hydrogen-bond acceptors (Lipinski definition) is 2. The van der Waals surface area contributed by atoms with Gasteiger partial charge in [-0.25, -0.2) is 19.9 Å². The summed E-state index contributed by atoms with van der Waals surface area (Å²) in [6, 6.07) is 17.7. The van der Waals surface area contributed by atoms with E-state index in [0.29, 0.717) is 6.54 Å². The average molecular weight is 294 g/mol. The Morgan fingerprint density at radius 3 is 2.68 bits per heavy atom. The minimum Gasteiger partial charge on any atom is -0.337 e. The van der Waals surface area contributed by atoms with Crippen molar-refractivity contribution in [1.82, 2.24) is 15.0 Å². The van der Waals surface area contributed by atoms with Gasteiger partial charge in [-0.2, -0.15) is 0 Å². The number of fused-ring (bicyclic) bond motifs is 1. The fraction of sp³-hybridized carbons (Fsp3) is 0.176. The summed E-state index contributed by atoms with van der Waals surface area (Å²) < 4.78 is 1.63. The Bertz CT molecular complexity index is 751. The van der Waals surface area contributed by atoms with Crippen LogP contribution in [-0.2, 0) is 6.42 Å². The highest BCUT2D eigenvalue weighted by molar-refractivity contribution is 5.84. The zero-order chi connectivity index (χ0) is 15.2. The second-order valence-corrected chi connectivity index (χ2v) is 5.06. The van der Waals surface area contributed by atoms with Crippen LogP contribution in [-0.4, -0.2) is 22.2 Å². The summed E-state index contributed by atoms with van der Waals surface area (Å²) in [5.74, 6) is 0. The largest absolute Gasteiger partial charge is 0.337 e. The predicted octanol–water partition coefficient (Wildman–Crippen LogP) is 2.92. The highest BCUT2D eigenvalue weighted by atomic mass is 16.2. The minimum absolute atomic E-state index is 0.226. The molecule has 0 saturated carbocycles. The van der Waals surface area contributed by atoms with E-state index < -0.39 is 0 Å². The van der Waals surface area contributed by atoms with E-state index in [4.69, 9.17) is 0 Å². The highest BCUT2D eigenvalue weighted by Gasteiger charge is 2.04. The molecule has 0 bridgehead atoms. The van der Waals surface area contributed by atoms with Crippen molar-refractivity contribution in [2.24, 2.45) is 0 Å². The van der Waals surface area contributed by atoms with Crippen LogP contribution >= 0.6 is 0 Å². The molecule has 0 saturated heterocycles. The number of urea groups is 1. The van der Waals surface area contributed by atoms with Gasteiger partial charge in [-0.1, -0.05) is 42.5 Å². The van der Waals surface area contributed by atoms with E-state index in [1.54, 1.807) is 11.0 Å². The number of amides is 2. The first kappa shape index (κ1) is 14.1. The third-order valence-corrected chi connectivity index (χ3v) is 3.45. The van der Waals surface area contributed by atoms with Crippen LogP contribution in [0.4, 0.5) is 4.79 Å². The molecule has 0 radical (unpaired) electrons. The summed E-state index contributed by atoms with van der Waals surface area (Å²) >= 11 is 0. The summed E-state index contributed by atoms with van der Waals surface area (Å²) in [7, 11) is 0. The molecule has 5 nitrogen and oxygen atoms in total. The van der Waals surface area contributed by atoms with Crippen molar-refractivity contribution in [1.29, 1.82) is 0 Å². The molecule has 112 valence electrons. The maximum absolute atomic E-state index is 11.9. The SMILES string of the molecule is O=C(NCCCc1ccccc1)Nn1cnc2ccccc21. The molecule has 2 amide bonds. The van der Waals surface area contributed by atoms with E-state index in [1.165, 1.54) is 5.56 Å². The lowest BCUT2D eigenvalue weighted by Crippen LogP contribution is -2.34. The second-order valence-electron chi connectivity index (χ2n) is 5.06. The van der Waals surface area contributed by atoms with Crippen LogP contribution in [0.15, 0.2) is 60.9 Å². The molecular weight excluding hydrogens is 276 g/mol. The molecule has 2 aromatic carbocycles. The maximum atomic E-state index is 11.9. The Hall–Kier alpha value is -2.82. The lowest BCUT2D eigenvalue weighted by molar-refractivity contribution is 0.249. The van der Waals surface area contributed by atoms with Gasteiger partial charge in [-0.3, -0.25) is 0 Å². The van der Waals surface area contributed by atoms with E-state index in [1.807, 2.05) is 42.5 Å². The third kappa shape index (κ3) is 3.44. The van der Waals surface area contributed by atoms with Crippen molar-refractivity contribution in [2.75, 3.05) is 12.0 Å². The van der Waals surface area contributed by atoms with Crippen LogP contribution < -0.4 is 10.7 Å². The molecule has 2 N–H and O–H groups in total. The van der Waals surface area contributed by atoms with E-state index in [2.05, 4.69) is 27.9 Å². The molecular formula is C17H18N4O. The molecule has 5 heteroatoms. The number of rotatable bonds is 5. The number of aromatic nitrogens is 2. The number of hydrogen-bond donors (Lipinski definition) is 2. The van der Waals surface area contributed by atoms with Crippen LogP contribution in [0.3, 0.4) is 0 Å². The minimum atomic E-state index is -0.226. The number of nitrogens with one attached hydrogen (secondary N) is 2. The smallest absolute Gasteiger partial charge is 0.333 e. The van der Waals surface area contributed by atoms with Crippen LogP contribution in [0, 0.1) is 0 Å². The van der Waals surface area contributed by atoms with Crippen molar-refractivity contribution in [3.63, 3.8) is 0 Å². The van der Waals surface area contributed by atoms with Crippen molar-refractivity contribution >= 4 is 17.1 Å². The molecule has 0 fully saturated rings. The summed E-state index contributed by atoms with van der Waals surface area (Å²) in [6.45, 7) is 0.632. The normalized spacial score (nSPS) is 10.5. The van der Waals surface area contributed by atoms with Gasteiger partial charge in [0.05, 0.1) is 11.0 Å². The number of aryl methyl sites for hydroxylation is 1. The molecule has 0 aliphatic heterocycles. The fourth-order valence-electron chi connectivity index (χ4n) is 2.34. The van der Waals surface area contributed by atoms with Gasteiger partial charge in [-0.05, 0) is 30.5 Å². The molecule has 0 unspecified atom stereocenters. The van der Waals surface area contributed by atoms with Gasteiger partial charge in [0.25, 0.3) is 0 Å². The number of nitrogens with zero attached hydrogens (tertiary/aromatic N) is 2. The summed E-state index contributed by atoms with van der Waals surface area (Å²) in [5.41, 5.74) is 5.78. The van der Waals surface area contributed by atoms with Crippen LogP contribution in [0.5, 0.6) is 0 Å². The van der Waals surface area contributed by atoms with Gasteiger partial charge < -0.3 is 5.32 Å². The first-order valence-corrected chi connectivity index (χ1v) is 7.34. The molecule has 1 heterocycles. The first-order valence-electron chi connectivity index (χ1n) is 7.34. The Labute approximate surface area is 129 Å². The Balaban J connectivity index is 1.47. The van der Waals surface area contributed by atoms with Gasteiger partial charge in [0.2, 0.25) is 0 Å². The van der Waals surface area contributed by atoms with Crippen LogP contribution in [0.1, 0.15) is 12.0 Å². The van der Waals surface area contributed by atoms with Gasteiger partial charge in [0.1, 0.15) is 6.33 Å². The summed E-state index contributed by atoms with van der Waals surface area (Å²) in [5, 5.41) is 2.86. The van der Waals surface area contributed by atoms with E-state index in [-0.39, 0.29) is 6.03 Å². The fourth-order valence-corrected chi connectivity index (χ4v) is 2.34. The number of carbonyl (C=O) groups is 1. The maximum Gasteiger partial charge on any atom is 0.333 e. The van der Waals surface area contributed by atoms with Gasteiger partial charge in [-0.15, -0.1) is 0 Å². The van der Waals surface area contributed by atoms with Crippen molar-refractivity contribution in [3.05, 3.63) is 66.5 Å². The van der Waals surface area contributed by atoms with Gasteiger partial charge in [0, 0.05) is 6.54 Å². The van der Waals surface area contributed by atoms with Crippen LogP contribution in [0.2, 0.25) is 0 Å². The second kappa shape index (κ2) is 6.76. The standard InChI is InChI=1S/C17H18N4O/c22-17(18-12-6-9-14-7-2-1-3-8-14)20-21-13-19-15-10-4-5-11-16(15)21/h1-5,7-8,10-11,13H,6,9,12H2,(H2,18,20,22). The predicted molar refractivity (Wildman–Crippen MR) is 87.3 cm³/mol. The van der Waals surface area contributed by atoms with Crippen molar-refractivity contribution < 1.29 is 4.79 Å². The summed E-state index contributed by atoms with van der Waals surface area (Å²) in [4.78, 5) is 16.1. The Morgan fingerprint density at radius 2 is 1.82 bits per heavy atom. The molecule has 3 rings (SSSR count). The van der Waals surface area contributed by atoms with E-state index in [9.17, 15) is 4.79 Å². The third-order valence-electron chi connectivity index (χ3n) is 3.45. The number of para-hydroxylation sites is 2. The van der Waals surface area contributed by atoms with Gasteiger partial charge in [0.15, 0.2) is 0 Å². The van der Waals surface area contributed by atoms with Crippen molar-refractivity contribution in [3.8, 4) is 0 Å². The Kier molecular flexibility index (Phi) is 4.34. The average Bonchev–Trinajstić information content (AvgIpc) is 2.96. The molecule has 0 atom stereocenters. The van der Waals surface area contributed by atoms with E-state index >= 15 is 0 Å². The van der Waals surface area contributed by atoms with Crippen LogP contribution in [0.25, 0.3) is 11.0 Å². The molecule has 3 aromatic rings. The molecule has 0 spiro atoms. The zero-order valence-corrected chi connectivity index (χ0v) is 12.2. The quantitative estimate of drug-likeness (QED) is 0.711. The zero-order valence-electron chi connectivity index (χ0n) is 12.2. The Morgan fingerprint density at radius 1 is 1.05 bits per heavy atom. The first-order chi connectivity index (χ1) is 10.8. The van der Waals surface area contributed by atoms with E-state index in [0.717, 1.165) is 23.9 Å². The number of carbonyl (C=O) groups excluding carboxylic acids is 1. The van der Waals surface area contributed by atoms with Crippen molar-refractivity contribution in [2.45, 2.75) is 12.8 Å². The molecule has 1 aromatic heterocycles. The summed E-state index contributed by atoms with van der Waals surface area (Å²) in [6.07, 6.45) is 3.46. The monoisotopic (exact) mass is 294 g/mol. The molecule has 0 aliphatic rings. The lowest BCUT2D eigenvalue weighted by atomic mass is 10.1. The van der Waals surface area contributed by atoms with Gasteiger partial charge >= 0.3 is 6.03 Å². The topological polar surface area (TPSA) is 59.0 Å². The highest BCUT2D eigenvalue weighted by Crippen LogP contribution is 2.09. The molecule has 0 aliphatic carbocycles.